The van der Waals surface area contributed by atoms with Gasteiger partial charge in [0.2, 0.25) is 0 Å². The SMILES string of the molecule is CC(C(=O)C(C)[Si](C)(C)C)[Si](C)(C)C. The molecule has 0 fully saturated rings. The van der Waals surface area contributed by atoms with Crippen LogP contribution in [0.4, 0.5) is 0 Å². The highest BCUT2D eigenvalue weighted by Crippen LogP contribution is 2.32. The van der Waals surface area contributed by atoms with Crippen molar-refractivity contribution in [3.8, 4) is 0 Å². The predicted molar refractivity (Wildman–Crippen MR) is 70.5 cm³/mol. The normalized spacial score (nSPS) is 17.7. The van der Waals surface area contributed by atoms with Crippen LogP contribution in [0.5, 0.6) is 0 Å². The van der Waals surface area contributed by atoms with E-state index in [1.807, 2.05) is 0 Å². The minimum atomic E-state index is -1.29. The van der Waals surface area contributed by atoms with Crippen molar-refractivity contribution in [2.45, 2.75) is 64.2 Å². The highest BCUT2D eigenvalue weighted by molar-refractivity contribution is 6.84. The van der Waals surface area contributed by atoms with Gasteiger partial charge in [-0.15, -0.1) is 0 Å². The van der Waals surface area contributed by atoms with Crippen molar-refractivity contribution in [2.75, 3.05) is 0 Å². The molecule has 0 spiro atoms. The maximum Gasteiger partial charge on any atom is 0.133 e. The third-order valence-electron chi connectivity index (χ3n) is 3.45. The van der Waals surface area contributed by atoms with E-state index in [9.17, 15) is 4.79 Å². The molecule has 3 heteroatoms. The van der Waals surface area contributed by atoms with E-state index in [-0.39, 0.29) is 0 Å². The minimum absolute atomic E-state index is 0.309. The summed E-state index contributed by atoms with van der Waals surface area (Å²) in [5.41, 5.74) is 0.619. The minimum Gasteiger partial charge on any atom is -0.300 e. The lowest BCUT2D eigenvalue weighted by atomic mass is 10.2. The van der Waals surface area contributed by atoms with Crippen LogP contribution in [0.3, 0.4) is 0 Å². The van der Waals surface area contributed by atoms with Crippen LogP contribution in [-0.4, -0.2) is 21.9 Å². The maximum atomic E-state index is 12.2. The zero-order valence-electron chi connectivity index (χ0n) is 11.1. The highest BCUT2D eigenvalue weighted by atomic mass is 28.3. The Morgan fingerprint density at radius 2 is 1.00 bits per heavy atom. The van der Waals surface area contributed by atoms with E-state index in [1.165, 1.54) is 0 Å². The molecule has 84 valence electrons. The van der Waals surface area contributed by atoms with Crippen LogP contribution in [0.1, 0.15) is 13.8 Å². The van der Waals surface area contributed by atoms with Crippen molar-refractivity contribution in [1.29, 1.82) is 0 Å². The van der Waals surface area contributed by atoms with E-state index in [1.54, 1.807) is 0 Å². The van der Waals surface area contributed by atoms with Gasteiger partial charge < -0.3 is 0 Å². The molecule has 0 aliphatic rings. The van der Waals surface area contributed by atoms with Crippen molar-refractivity contribution in [3.05, 3.63) is 0 Å². The first-order valence-corrected chi connectivity index (χ1v) is 12.7. The molecule has 0 saturated heterocycles. The van der Waals surface area contributed by atoms with Crippen LogP contribution >= 0.6 is 0 Å². The Kier molecular flexibility index (Phi) is 4.34. The van der Waals surface area contributed by atoms with Gasteiger partial charge >= 0.3 is 0 Å². The lowest BCUT2D eigenvalue weighted by Gasteiger charge is -2.31. The molecular formula is C11H26OSi2. The van der Waals surface area contributed by atoms with Gasteiger partial charge in [-0.3, -0.25) is 4.79 Å². The van der Waals surface area contributed by atoms with E-state index in [4.69, 9.17) is 0 Å². The molecule has 14 heavy (non-hydrogen) atoms. The number of carbonyl (C=O) groups excluding carboxylic acids is 1. The zero-order valence-corrected chi connectivity index (χ0v) is 13.1. The van der Waals surface area contributed by atoms with Crippen LogP contribution in [0.2, 0.25) is 50.4 Å². The molecule has 0 aromatic rings. The molecule has 2 unspecified atom stereocenters. The Morgan fingerprint density at radius 1 is 0.786 bits per heavy atom. The number of carbonyl (C=O) groups is 1. The van der Waals surface area contributed by atoms with Crippen molar-refractivity contribution in [2.24, 2.45) is 0 Å². The second-order valence-electron chi connectivity index (χ2n) is 6.58. The Labute approximate surface area is 91.3 Å². The summed E-state index contributed by atoms with van der Waals surface area (Å²) in [6, 6.07) is 0. The fraction of sp³-hybridized carbons (Fsp3) is 0.909. The molecule has 1 nitrogen and oxygen atoms in total. The number of hydrogen-bond acceptors (Lipinski definition) is 1. The largest absolute Gasteiger partial charge is 0.300 e. The van der Waals surface area contributed by atoms with Crippen molar-refractivity contribution >= 4 is 21.9 Å². The average Bonchev–Trinajstić information content (AvgIpc) is 1.97. The summed E-state index contributed by atoms with van der Waals surface area (Å²) in [6.07, 6.45) is 0. The van der Waals surface area contributed by atoms with Crippen molar-refractivity contribution < 1.29 is 4.79 Å². The van der Waals surface area contributed by atoms with E-state index in [2.05, 4.69) is 53.1 Å². The summed E-state index contributed by atoms with van der Waals surface area (Å²) < 4.78 is 0. The van der Waals surface area contributed by atoms with Crippen LogP contribution in [-0.2, 0) is 4.79 Å². The van der Waals surface area contributed by atoms with Gasteiger partial charge in [0.15, 0.2) is 0 Å². The van der Waals surface area contributed by atoms with E-state index in [0.29, 0.717) is 16.9 Å². The summed E-state index contributed by atoms with van der Waals surface area (Å²) in [6.45, 7) is 18.0. The first kappa shape index (κ1) is 14.1. The fourth-order valence-corrected chi connectivity index (χ4v) is 3.60. The Bertz CT molecular complexity index is 188. The fourth-order valence-electron chi connectivity index (χ4n) is 1.23. The van der Waals surface area contributed by atoms with Gasteiger partial charge in [-0.25, -0.2) is 0 Å². The molecule has 2 atom stereocenters. The van der Waals surface area contributed by atoms with E-state index >= 15 is 0 Å². The molecule has 0 amide bonds. The molecule has 0 rings (SSSR count). The number of rotatable bonds is 4. The van der Waals surface area contributed by atoms with Crippen LogP contribution in [0, 0.1) is 0 Å². The van der Waals surface area contributed by atoms with Crippen LogP contribution in [0.25, 0.3) is 0 Å². The summed E-state index contributed by atoms with van der Waals surface area (Å²) in [7, 11) is -2.59. The molecule has 0 radical (unpaired) electrons. The molecule has 0 bridgehead atoms. The van der Waals surface area contributed by atoms with Gasteiger partial charge in [-0.1, -0.05) is 53.1 Å². The van der Waals surface area contributed by atoms with Crippen LogP contribution < -0.4 is 0 Å². The summed E-state index contributed by atoms with van der Waals surface area (Å²) in [4.78, 5) is 12.2. The third kappa shape index (κ3) is 3.69. The first-order valence-electron chi connectivity index (χ1n) is 5.51. The monoisotopic (exact) mass is 230 g/mol. The lowest BCUT2D eigenvalue weighted by molar-refractivity contribution is -0.118. The van der Waals surface area contributed by atoms with Gasteiger partial charge in [0.05, 0.1) is 16.1 Å². The van der Waals surface area contributed by atoms with E-state index in [0.717, 1.165) is 0 Å². The smallest absolute Gasteiger partial charge is 0.133 e. The number of ketones is 1. The first-order chi connectivity index (χ1) is 5.98. The molecular weight excluding hydrogens is 204 g/mol. The highest BCUT2D eigenvalue weighted by Gasteiger charge is 2.36. The Balaban J connectivity index is 4.65. The van der Waals surface area contributed by atoms with Gasteiger partial charge in [-0.2, -0.15) is 0 Å². The lowest BCUT2D eigenvalue weighted by Crippen LogP contribution is -2.39. The maximum absolute atomic E-state index is 12.2. The summed E-state index contributed by atoms with van der Waals surface area (Å²) >= 11 is 0. The molecule has 0 aliphatic carbocycles. The predicted octanol–water partition coefficient (Wildman–Crippen LogP) is 4.01. The number of hydrogen-bond donors (Lipinski definition) is 0. The van der Waals surface area contributed by atoms with E-state index < -0.39 is 16.1 Å². The quantitative estimate of drug-likeness (QED) is 0.667. The average molecular weight is 230 g/mol. The number of Topliss-reactive ketones (excluding diaryl/α,β-unsaturated/α-hetero) is 1. The second-order valence-corrected chi connectivity index (χ2v) is 17.8. The molecule has 0 N–H and O–H groups in total. The van der Waals surface area contributed by atoms with Gasteiger partial charge in [0.1, 0.15) is 5.78 Å². The summed E-state index contributed by atoms with van der Waals surface area (Å²) in [5, 5.41) is 0. The van der Waals surface area contributed by atoms with Crippen LogP contribution in [0.15, 0.2) is 0 Å². The molecule has 0 heterocycles. The molecule has 0 saturated carbocycles. The standard InChI is InChI=1S/C11H26OSi2/c1-9(13(3,4)5)11(12)10(2)14(6,7)8/h9-10H,1-8H3. The van der Waals surface area contributed by atoms with Crippen molar-refractivity contribution in [3.63, 3.8) is 0 Å². The van der Waals surface area contributed by atoms with Gasteiger partial charge in [0, 0.05) is 11.1 Å². The van der Waals surface area contributed by atoms with Gasteiger partial charge in [-0.05, 0) is 0 Å². The molecule has 0 aromatic carbocycles. The summed E-state index contributed by atoms with van der Waals surface area (Å²) in [5.74, 6) is 0.517. The molecule has 0 aliphatic heterocycles. The molecule has 0 aromatic heterocycles. The zero-order chi connectivity index (χ0) is 11.7. The Hall–Kier alpha value is 0.104. The Morgan fingerprint density at radius 3 is 1.14 bits per heavy atom. The second kappa shape index (κ2) is 4.31. The topological polar surface area (TPSA) is 17.1 Å². The third-order valence-corrected chi connectivity index (χ3v) is 9.22. The van der Waals surface area contributed by atoms with Crippen molar-refractivity contribution in [1.82, 2.24) is 0 Å². The van der Waals surface area contributed by atoms with Gasteiger partial charge in [0.25, 0.3) is 0 Å².